The van der Waals surface area contributed by atoms with Crippen LogP contribution in [0.2, 0.25) is 0 Å². The van der Waals surface area contributed by atoms with Gasteiger partial charge in [0.2, 0.25) is 11.8 Å². The molecule has 6 nitrogen and oxygen atoms in total. The molecule has 0 spiro atoms. The third kappa shape index (κ3) is 2.82. The number of carbonyl (C=O) groups is 1. The minimum atomic E-state index is 0.0570. The molecule has 0 unspecified atom stereocenters. The molecule has 1 aliphatic rings. The number of hydrogen-bond donors (Lipinski definition) is 1. The Morgan fingerprint density at radius 2 is 2.47 bits per heavy atom. The van der Waals surface area contributed by atoms with Crippen LogP contribution in [0.15, 0.2) is 4.52 Å². The maximum Gasteiger partial charge on any atom is 0.226 e. The summed E-state index contributed by atoms with van der Waals surface area (Å²) in [6.45, 7) is 5.78. The monoisotopic (exact) mass is 238 g/mol. The van der Waals surface area contributed by atoms with Crippen molar-refractivity contribution < 1.29 is 9.32 Å². The van der Waals surface area contributed by atoms with Crippen molar-refractivity contribution >= 4 is 5.91 Å². The third-order valence-electron chi connectivity index (χ3n) is 3.00. The summed E-state index contributed by atoms with van der Waals surface area (Å²) in [5.74, 6) is 1.26. The van der Waals surface area contributed by atoms with E-state index < -0.39 is 0 Å². The number of aromatic nitrogens is 2. The van der Waals surface area contributed by atoms with Gasteiger partial charge < -0.3 is 14.7 Å². The maximum absolute atomic E-state index is 11.6. The predicted molar refractivity (Wildman–Crippen MR) is 61.2 cm³/mol. The lowest BCUT2D eigenvalue weighted by Gasteiger charge is -2.25. The van der Waals surface area contributed by atoms with Gasteiger partial charge in [-0.05, 0) is 13.0 Å². The van der Waals surface area contributed by atoms with E-state index in [1.165, 1.54) is 0 Å². The zero-order valence-electron chi connectivity index (χ0n) is 10.3. The summed E-state index contributed by atoms with van der Waals surface area (Å²) in [4.78, 5) is 17.7. The van der Waals surface area contributed by atoms with Crippen molar-refractivity contribution in [1.82, 2.24) is 20.4 Å². The van der Waals surface area contributed by atoms with Crippen LogP contribution in [0.4, 0.5) is 0 Å². The maximum atomic E-state index is 11.6. The normalized spacial score (nSPS) is 19.5. The summed E-state index contributed by atoms with van der Waals surface area (Å²) < 4.78 is 5.04. The quantitative estimate of drug-likeness (QED) is 0.819. The molecular formula is C11H18N4O2. The van der Waals surface area contributed by atoms with Crippen LogP contribution in [0, 0.1) is 0 Å². The fraction of sp³-hybridized carbons (Fsp3) is 0.727. The van der Waals surface area contributed by atoms with Crippen molar-refractivity contribution in [3.63, 3.8) is 0 Å². The Kier molecular flexibility index (Phi) is 3.73. The van der Waals surface area contributed by atoms with E-state index in [-0.39, 0.29) is 11.9 Å². The van der Waals surface area contributed by atoms with E-state index >= 15 is 0 Å². The summed E-state index contributed by atoms with van der Waals surface area (Å²) in [5, 5.41) is 7.13. The van der Waals surface area contributed by atoms with Gasteiger partial charge in [0.1, 0.15) is 0 Å². The third-order valence-corrected chi connectivity index (χ3v) is 3.00. The molecule has 1 N–H and O–H groups in total. The number of rotatable bonds is 4. The van der Waals surface area contributed by atoms with Gasteiger partial charge in [-0.3, -0.25) is 4.79 Å². The van der Waals surface area contributed by atoms with Gasteiger partial charge in [-0.1, -0.05) is 12.1 Å². The van der Waals surface area contributed by atoms with E-state index in [4.69, 9.17) is 4.52 Å². The number of hydrogen-bond acceptors (Lipinski definition) is 5. The molecule has 2 heterocycles. The molecular weight excluding hydrogens is 220 g/mol. The second-order valence-electron chi connectivity index (χ2n) is 4.25. The van der Waals surface area contributed by atoms with Gasteiger partial charge in [0.15, 0.2) is 5.82 Å². The lowest BCUT2D eigenvalue weighted by molar-refractivity contribution is -0.131. The van der Waals surface area contributed by atoms with E-state index in [0.717, 1.165) is 25.9 Å². The van der Waals surface area contributed by atoms with Crippen molar-refractivity contribution in [2.45, 2.75) is 39.3 Å². The summed E-state index contributed by atoms with van der Waals surface area (Å²) in [7, 11) is 0. The fourth-order valence-electron chi connectivity index (χ4n) is 2.05. The van der Waals surface area contributed by atoms with E-state index in [1.54, 1.807) is 6.92 Å². The molecule has 1 saturated heterocycles. The van der Waals surface area contributed by atoms with Crippen LogP contribution >= 0.6 is 0 Å². The molecule has 1 atom stereocenters. The molecule has 1 aromatic heterocycles. The minimum Gasteiger partial charge on any atom is -0.339 e. The smallest absolute Gasteiger partial charge is 0.226 e. The number of aryl methyl sites for hydroxylation is 1. The summed E-state index contributed by atoms with van der Waals surface area (Å²) >= 11 is 0. The van der Waals surface area contributed by atoms with Crippen LogP contribution < -0.4 is 5.32 Å². The van der Waals surface area contributed by atoms with Crippen LogP contribution in [-0.4, -0.2) is 40.1 Å². The van der Waals surface area contributed by atoms with Crippen molar-refractivity contribution in [2.75, 3.05) is 13.1 Å². The number of nitrogens with one attached hydrogen (secondary N) is 1. The Bertz CT molecular complexity index is 385. The first kappa shape index (κ1) is 12.0. The molecule has 1 aliphatic heterocycles. The first-order chi connectivity index (χ1) is 8.20. The molecule has 2 rings (SSSR count). The van der Waals surface area contributed by atoms with Gasteiger partial charge in [-0.2, -0.15) is 4.98 Å². The van der Waals surface area contributed by atoms with E-state index in [2.05, 4.69) is 15.5 Å². The standard InChI is InChI=1S/C11H18N4O2/c1-3-11-13-10(14-17-11)7-15(8(2)16)9-4-5-12-6-9/h9,12H,3-7H2,1-2H3/t9-/m0/s1. The largest absolute Gasteiger partial charge is 0.339 e. The summed E-state index contributed by atoms with van der Waals surface area (Å²) in [5.41, 5.74) is 0. The van der Waals surface area contributed by atoms with E-state index in [0.29, 0.717) is 18.3 Å². The molecule has 1 aromatic rings. The Morgan fingerprint density at radius 1 is 1.65 bits per heavy atom. The number of carbonyl (C=O) groups excluding carboxylic acids is 1. The van der Waals surface area contributed by atoms with E-state index in [9.17, 15) is 4.79 Å². The molecule has 17 heavy (non-hydrogen) atoms. The first-order valence-electron chi connectivity index (χ1n) is 6.00. The molecule has 0 aliphatic carbocycles. The second-order valence-corrected chi connectivity index (χ2v) is 4.25. The van der Waals surface area contributed by atoms with Gasteiger partial charge >= 0.3 is 0 Å². The Labute approximate surface area is 100 Å². The molecule has 94 valence electrons. The Balaban J connectivity index is 2.04. The van der Waals surface area contributed by atoms with Crippen LogP contribution in [-0.2, 0) is 17.8 Å². The van der Waals surface area contributed by atoms with Crippen LogP contribution in [0.3, 0.4) is 0 Å². The van der Waals surface area contributed by atoms with Gasteiger partial charge in [0.05, 0.1) is 6.54 Å². The first-order valence-corrected chi connectivity index (χ1v) is 6.00. The molecule has 6 heteroatoms. The van der Waals surface area contributed by atoms with Crippen molar-refractivity contribution in [2.24, 2.45) is 0 Å². The number of amides is 1. The van der Waals surface area contributed by atoms with Crippen molar-refractivity contribution in [3.05, 3.63) is 11.7 Å². The highest BCUT2D eigenvalue weighted by Gasteiger charge is 2.25. The molecule has 0 saturated carbocycles. The molecule has 0 aromatic carbocycles. The van der Waals surface area contributed by atoms with Crippen LogP contribution in [0.25, 0.3) is 0 Å². The fourth-order valence-corrected chi connectivity index (χ4v) is 2.05. The highest BCUT2D eigenvalue weighted by molar-refractivity contribution is 5.73. The Morgan fingerprint density at radius 3 is 3.00 bits per heavy atom. The van der Waals surface area contributed by atoms with Crippen molar-refractivity contribution in [3.8, 4) is 0 Å². The lowest BCUT2D eigenvalue weighted by Crippen LogP contribution is -2.39. The summed E-state index contributed by atoms with van der Waals surface area (Å²) in [6, 6.07) is 0.246. The second kappa shape index (κ2) is 5.27. The highest BCUT2D eigenvalue weighted by atomic mass is 16.5. The zero-order valence-corrected chi connectivity index (χ0v) is 10.3. The van der Waals surface area contributed by atoms with Crippen LogP contribution in [0.5, 0.6) is 0 Å². The minimum absolute atomic E-state index is 0.0570. The molecule has 1 amide bonds. The number of nitrogens with zero attached hydrogens (tertiary/aromatic N) is 3. The summed E-state index contributed by atoms with van der Waals surface area (Å²) in [6.07, 6.45) is 1.70. The topological polar surface area (TPSA) is 71.3 Å². The van der Waals surface area contributed by atoms with E-state index in [1.807, 2.05) is 11.8 Å². The average Bonchev–Trinajstić information content (AvgIpc) is 2.96. The highest BCUT2D eigenvalue weighted by Crippen LogP contribution is 2.12. The SMILES string of the molecule is CCc1nc(CN(C(C)=O)[C@H]2CCNC2)no1. The Hall–Kier alpha value is -1.43. The zero-order chi connectivity index (χ0) is 12.3. The van der Waals surface area contributed by atoms with Gasteiger partial charge in [0, 0.05) is 25.9 Å². The van der Waals surface area contributed by atoms with Gasteiger partial charge in [0.25, 0.3) is 0 Å². The molecule has 0 bridgehead atoms. The average molecular weight is 238 g/mol. The molecule has 0 radical (unpaired) electrons. The van der Waals surface area contributed by atoms with Gasteiger partial charge in [-0.15, -0.1) is 0 Å². The predicted octanol–water partition coefficient (Wildman–Crippen LogP) is 0.342. The van der Waals surface area contributed by atoms with Crippen LogP contribution in [0.1, 0.15) is 32.0 Å². The molecule has 1 fully saturated rings. The van der Waals surface area contributed by atoms with Gasteiger partial charge in [-0.25, -0.2) is 0 Å². The van der Waals surface area contributed by atoms with Crippen molar-refractivity contribution in [1.29, 1.82) is 0 Å². The lowest BCUT2D eigenvalue weighted by atomic mass is 10.2.